The van der Waals surface area contributed by atoms with Crippen LogP contribution in [-0.4, -0.2) is 15.9 Å². The number of pyridine rings is 1. The van der Waals surface area contributed by atoms with Crippen LogP contribution in [0.15, 0.2) is 54.7 Å². The summed E-state index contributed by atoms with van der Waals surface area (Å²) in [6.07, 6.45) is 1.71. The molecule has 0 spiro atoms. The normalized spacial score (nSPS) is 11.0. The molecular formula is C22H17Cl2N3OS. The number of benzene rings is 2. The number of halogens is 2. The van der Waals surface area contributed by atoms with Crippen molar-refractivity contribution < 1.29 is 4.79 Å². The molecule has 2 heterocycles. The number of hydrogen-bond donors (Lipinski definition) is 0. The van der Waals surface area contributed by atoms with Crippen molar-refractivity contribution >= 4 is 55.8 Å². The lowest BCUT2D eigenvalue weighted by Gasteiger charge is -2.20. The summed E-state index contributed by atoms with van der Waals surface area (Å²) in [6, 6.07) is 14.7. The van der Waals surface area contributed by atoms with Crippen LogP contribution in [0.2, 0.25) is 10.0 Å². The van der Waals surface area contributed by atoms with Crippen molar-refractivity contribution in [2.45, 2.75) is 20.4 Å². The molecule has 146 valence electrons. The predicted octanol–water partition coefficient (Wildman–Crippen LogP) is 6.46. The summed E-state index contributed by atoms with van der Waals surface area (Å²) in [5, 5.41) is 1.39. The maximum absolute atomic E-state index is 13.4. The zero-order chi connectivity index (χ0) is 20.5. The molecule has 0 aliphatic heterocycles. The Morgan fingerprint density at radius 3 is 2.66 bits per heavy atom. The molecule has 0 fully saturated rings. The highest BCUT2D eigenvalue weighted by atomic mass is 35.5. The minimum Gasteiger partial charge on any atom is -0.278 e. The lowest BCUT2D eigenvalue weighted by atomic mass is 10.1. The monoisotopic (exact) mass is 441 g/mol. The van der Waals surface area contributed by atoms with E-state index < -0.39 is 0 Å². The van der Waals surface area contributed by atoms with Gasteiger partial charge in [-0.2, -0.15) is 0 Å². The quantitative estimate of drug-likeness (QED) is 0.364. The number of aromatic nitrogens is 2. The van der Waals surface area contributed by atoms with Gasteiger partial charge in [0.25, 0.3) is 5.91 Å². The largest absolute Gasteiger partial charge is 0.278 e. The van der Waals surface area contributed by atoms with Gasteiger partial charge in [0.05, 0.1) is 33.0 Å². The molecule has 2 aromatic carbocycles. The lowest BCUT2D eigenvalue weighted by molar-refractivity contribution is 0.0985. The molecule has 0 saturated carbocycles. The van der Waals surface area contributed by atoms with E-state index in [0.29, 0.717) is 20.7 Å². The molecular weight excluding hydrogens is 425 g/mol. The Morgan fingerprint density at radius 1 is 1.10 bits per heavy atom. The van der Waals surface area contributed by atoms with E-state index in [9.17, 15) is 4.79 Å². The summed E-state index contributed by atoms with van der Waals surface area (Å²) in [7, 11) is 0. The Balaban J connectivity index is 1.82. The SMILES string of the molecule is Cc1cc(C)c2nc(N(Cc3ccccn3)C(=O)c3ccc(Cl)cc3Cl)sc2c1. The molecule has 1 amide bonds. The number of anilines is 1. The minimum absolute atomic E-state index is 0.245. The zero-order valence-electron chi connectivity index (χ0n) is 15.8. The standard InChI is InChI=1S/C22H17Cl2N3OS/c1-13-9-14(2)20-19(10-13)29-22(26-20)27(12-16-5-3-4-8-25-16)21(28)17-7-6-15(23)11-18(17)24/h3-11H,12H2,1-2H3. The maximum Gasteiger partial charge on any atom is 0.261 e. The Labute approximate surface area is 182 Å². The van der Waals surface area contributed by atoms with Gasteiger partial charge < -0.3 is 0 Å². The van der Waals surface area contributed by atoms with Gasteiger partial charge in [-0.05, 0) is 61.4 Å². The molecule has 4 nitrogen and oxygen atoms in total. The third kappa shape index (κ3) is 4.13. The van der Waals surface area contributed by atoms with Gasteiger partial charge in [-0.1, -0.05) is 46.7 Å². The third-order valence-corrected chi connectivity index (χ3v) is 6.08. The zero-order valence-corrected chi connectivity index (χ0v) is 18.1. The van der Waals surface area contributed by atoms with E-state index in [2.05, 4.69) is 24.0 Å². The Bertz CT molecular complexity index is 1210. The average Bonchev–Trinajstić information content (AvgIpc) is 3.10. The van der Waals surface area contributed by atoms with Gasteiger partial charge in [-0.15, -0.1) is 0 Å². The Kier molecular flexibility index (Phi) is 5.54. The van der Waals surface area contributed by atoms with Gasteiger partial charge in [-0.3, -0.25) is 14.7 Å². The van der Waals surface area contributed by atoms with Crippen molar-refractivity contribution in [1.82, 2.24) is 9.97 Å². The second-order valence-corrected chi connectivity index (χ2v) is 8.61. The Morgan fingerprint density at radius 2 is 1.93 bits per heavy atom. The number of aryl methyl sites for hydroxylation is 2. The number of carbonyl (C=O) groups is 1. The van der Waals surface area contributed by atoms with Crippen LogP contribution in [0.1, 0.15) is 27.2 Å². The number of nitrogens with zero attached hydrogens (tertiary/aromatic N) is 3. The first-order valence-corrected chi connectivity index (χ1v) is 10.5. The van der Waals surface area contributed by atoms with Crippen LogP contribution in [0.3, 0.4) is 0 Å². The molecule has 0 bridgehead atoms. The van der Waals surface area contributed by atoms with Crippen molar-refractivity contribution in [2.75, 3.05) is 4.90 Å². The first-order chi connectivity index (χ1) is 13.9. The van der Waals surface area contributed by atoms with Crippen LogP contribution in [0.5, 0.6) is 0 Å². The van der Waals surface area contributed by atoms with Crippen LogP contribution < -0.4 is 4.90 Å². The van der Waals surface area contributed by atoms with Gasteiger partial charge in [0.15, 0.2) is 5.13 Å². The van der Waals surface area contributed by atoms with Crippen molar-refractivity contribution in [3.8, 4) is 0 Å². The molecule has 7 heteroatoms. The topological polar surface area (TPSA) is 46.1 Å². The van der Waals surface area contributed by atoms with E-state index in [4.69, 9.17) is 28.2 Å². The molecule has 0 atom stereocenters. The summed E-state index contributed by atoms with van der Waals surface area (Å²) in [4.78, 5) is 24.2. The van der Waals surface area contributed by atoms with Crippen molar-refractivity contribution in [3.63, 3.8) is 0 Å². The van der Waals surface area contributed by atoms with Crippen LogP contribution in [-0.2, 0) is 6.54 Å². The van der Waals surface area contributed by atoms with E-state index in [0.717, 1.165) is 27.0 Å². The average molecular weight is 442 g/mol. The fourth-order valence-corrected chi connectivity index (χ4v) is 4.79. The van der Waals surface area contributed by atoms with Crippen molar-refractivity contribution in [1.29, 1.82) is 0 Å². The molecule has 2 aromatic heterocycles. The van der Waals surface area contributed by atoms with Gasteiger partial charge in [0, 0.05) is 11.2 Å². The number of fused-ring (bicyclic) bond motifs is 1. The molecule has 0 unspecified atom stereocenters. The fourth-order valence-electron chi connectivity index (χ4n) is 3.16. The number of carbonyl (C=O) groups excluding carboxylic acids is 1. The summed E-state index contributed by atoms with van der Waals surface area (Å²) >= 11 is 13.8. The van der Waals surface area contributed by atoms with Gasteiger partial charge in [0.1, 0.15) is 0 Å². The number of hydrogen-bond acceptors (Lipinski definition) is 4. The van der Waals surface area contributed by atoms with Crippen LogP contribution >= 0.6 is 34.5 Å². The molecule has 4 rings (SSSR count). The molecule has 4 aromatic rings. The van der Waals surface area contributed by atoms with Crippen molar-refractivity contribution in [3.05, 3.63) is 87.2 Å². The number of thiazole rings is 1. The second kappa shape index (κ2) is 8.11. The summed E-state index contributed by atoms with van der Waals surface area (Å²) in [5.74, 6) is -0.245. The maximum atomic E-state index is 13.4. The van der Waals surface area contributed by atoms with Gasteiger partial charge in [0.2, 0.25) is 0 Å². The highest BCUT2D eigenvalue weighted by molar-refractivity contribution is 7.22. The van der Waals surface area contributed by atoms with Gasteiger partial charge in [-0.25, -0.2) is 4.98 Å². The second-order valence-electron chi connectivity index (χ2n) is 6.76. The number of amides is 1. The van der Waals surface area contributed by atoms with Gasteiger partial charge >= 0.3 is 0 Å². The highest BCUT2D eigenvalue weighted by Gasteiger charge is 2.24. The molecule has 0 N–H and O–H groups in total. The summed E-state index contributed by atoms with van der Waals surface area (Å²) < 4.78 is 1.04. The highest BCUT2D eigenvalue weighted by Crippen LogP contribution is 2.34. The predicted molar refractivity (Wildman–Crippen MR) is 120 cm³/mol. The van der Waals surface area contributed by atoms with E-state index >= 15 is 0 Å². The van der Waals surface area contributed by atoms with E-state index in [1.54, 1.807) is 29.3 Å². The van der Waals surface area contributed by atoms with Crippen LogP contribution in [0, 0.1) is 13.8 Å². The molecule has 0 radical (unpaired) electrons. The lowest BCUT2D eigenvalue weighted by Crippen LogP contribution is -2.31. The van der Waals surface area contributed by atoms with E-state index in [-0.39, 0.29) is 12.5 Å². The summed E-state index contributed by atoms with van der Waals surface area (Å²) in [6.45, 7) is 4.37. The summed E-state index contributed by atoms with van der Waals surface area (Å²) in [5.41, 5.74) is 4.28. The first kappa shape index (κ1) is 19.8. The number of rotatable bonds is 4. The molecule has 0 aliphatic carbocycles. The first-order valence-electron chi connectivity index (χ1n) is 8.97. The van der Waals surface area contributed by atoms with Crippen LogP contribution in [0.4, 0.5) is 5.13 Å². The third-order valence-electron chi connectivity index (χ3n) is 4.50. The Hall–Kier alpha value is -2.47. The molecule has 0 saturated heterocycles. The molecule has 0 aliphatic rings. The fraction of sp³-hybridized carbons (Fsp3) is 0.136. The van der Waals surface area contributed by atoms with E-state index in [1.807, 2.05) is 25.1 Å². The van der Waals surface area contributed by atoms with Crippen LogP contribution in [0.25, 0.3) is 10.2 Å². The minimum atomic E-state index is -0.245. The van der Waals surface area contributed by atoms with E-state index in [1.165, 1.54) is 11.3 Å². The molecule has 29 heavy (non-hydrogen) atoms. The van der Waals surface area contributed by atoms with Crippen molar-refractivity contribution in [2.24, 2.45) is 0 Å². The smallest absolute Gasteiger partial charge is 0.261 e.